The predicted octanol–water partition coefficient (Wildman–Crippen LogP) is 3.34. The van der Waals surface area contributed by atoms with Crippen molar-refractivity contribution in [2.75, 3.05) is 13.1 Å². The molecule has 3 rings (SSSR count). The van der Waals surface area contributed by atoms with Crippen LogP contribution in [0.4, 0.5) is 0 Å². The SMILES string of the molecule is Cl.Cl.O=C([C@@H](NCc1cccc(I)c1)[C@H](O)c1ccncc1)N1CCCC1. The second kappa shape index (κ2) is 11.8. The van der Waals surface area contributed by atoms with Gasteiger partial charge in [-0.3, -0.25) is 15.1 Å². The summed E-state index contributed by atoms with van der Waals surface area (Å²) >= 11 is 2.27. The highest BCUT2D eigenvalue weighted by molar-refractivity contribution is 14.1. The van der Waals surface area contributed by atoms with Gasteiger partial charge in [0.15, 0.2) is 0 Å². The lowest BCUT2D eigenvalue weighted by Gasteiger charge is -2.28. The number of benzene rings is 1. The van der Waals surface area contributed by atoms with Gasteiger partial charge in [0.05, 0.1) is 0 Å². The average molecular weight is 524 g/mol. The summed E-state index contributed by atoms with van der Waals surface area (Å²) in [7, 11) is 0. The number of nitrogens with zero attached hydrogens (tertiary/aromatic N) is 2. The summed E-state index contributed by atoms with van der Waals surface area (Å²) in [5, 5.41) is 14.1. The maximum Gasteiger partial charge on any atom is 0.242 e. The third-order valence-electron chi connectivity index (χ3n) is 4.46. The molecule has 1 aliphatic heterocycles. The zero-order valence-corrected chi connectivity index (χ0v) is 18.5. The lowest BCUT2D eigenvalue weighted by atomic mass is 10.0. The lowest BCUT2D eigenvalue weighted by molar-refractivity contribution is -0.135. The van der Waals surface area contributed by atoms with Crippen LogP contribution < -0.4 is 5.32 Å². The van der Waals surface area contributed by atoms with E-state index >= 15 is 0 Å². The number of aliphatic hydroxyl groups excluding tert-OH is 1. The highest BCUT2D eigenvalue weighted by Gasteiger charge is 2.32. The summed E-state index contributed by atoms with van der Waals surface area (Å²) in [6.07, 6.45) is 4.42. The average Bonchev–Trinajstić information content (AvgIpc) is 3.17. The molecule has 0 spiro atoms. The molecule has 2 heterocycles. The Kier molecular flexibility index (Phi) is 10.5. The van der Waals surface area contributed by atoms with Crippen molar-refractivity contribution >= 4 is 53.3 Å². The number of hydrogen-bond acceptors (Lipinski definition) is 4. The van der Waals surface area contributed by atoms with Crippen molar-refractivity contribution in [1.29, 1.82) is 0 Å². The standard InChI is InChI=1S/C19H22IN3O2.2ClH/c20-16-5-3-4-14(12-16)13-22-17(19(25)23-10-1-2-11-23)18(24)15-6-8-21-9-7-15;;/h3-9,12,17-18,22,24H,1-2,10-11,13H2;2*1H/t17-,18+;;/m0../s1. The fourth-order valence-corrected chi connectivity index (χ4v) is 3.70. The third kappa shape index (κ3) is 6.57. The van der Waals surface area contributed by atoms with E-state index in [0.29, 0.717) is 12.1 Å². The third-order valence-corrected chi connectivity index (χ3v) is 5.13. The second-order valence-corrected chi connectivity index (χ2v) is 7.49. The molecule has 2 atom stereocenters. The monoisotopic (exact) mass is 523 g/mol. The molecule has 0 radical (unpaired) electrons. The second-order valence-electron chi connectivity index (χ2n) is 6.25. The molecule has 2 N–H and O–H groups in total. The van der Waals surface area contributed by atoms with Crippen LogP contribution >= 0.6 is 47.4 Å². The van der Waals surface area contributed by atoms with Gasteiger partial charge >= 0.3 is 0 Å². The van der Waals surface area contributed by atoms with Crippen LogP contribution in [-0.4, -0.2) is 40.0 Å². The molecular weight excluding hydrogens is 500 g/mol. The Morgan fingerprint density at radius 2 is 1.85 bits per heavy atom. The fourth-order valence-electron chi connectivity index (χ4n) is 3.10. The van der Waals surface area contributed by atoms with Gasteiger partial charge in [-0.25, -0.2) is 0 Å². The van der Waals surface area contributed by atoms with Gasteiger partial charge in [0.2, 0.25) is 5.91 Å². The molecule has 1 fully saturated rings. The molecule has 1 aromatic heterocycles. The van der Waals surface area contributed by atoms with Gasteiger partial charge < -0.3 is 10.0 Å². The lowest BCUT2D eigenvalue weighted by Crippen LogP contribution is -2.48. The summed E-state index contributed by atoms with van der Waals surface area (Å²) < 4.78 is 1.15. The maximum atomic E-state index is 12.9. The Morgan fingerprint density at radius 3 is 2.48 bits per heavy atom. The smallest absolute Gasteiger partial charge is 0.242 e. The number of pyridine rings is 1. The van der Waals surface area contributed by atoms with Gasteiger partial charge in [-0.1, -0.05) is 12.1 Å². The largest absolute Gasteiger partial charge is 0.386 e. The summed E-state index contributed by atoms with van der Waals surface area (Å²) in [5.74, 6) is -0.0348. The molecule has 5 nitrogen and oxygen atoms in total. The van der Waals surface area contributed by atoms with Crippen molar-refractivity contribution in [2.45, 2.75) is 31.5 Å². The van der Waals surface area contributed by atoms with Gasteiger partial charge in [0.25, 0.3) is 0 Å². The van der Waals surface area contributed by atoms with E-state index < -0.39 is 12.1 Å². The van der Waals surface area contributed by atoms with Gasteiger partial charge in [-0.2, -0.15) is 0 Å². The quantitative estimate of drug-likeness (QED) is 0.570. The first-order valence-corrected chi connectivity index (χ1v) is 9.57. The normalized spacial score (nSPS) is 15.4. The van der Waals surface area contributed by atoms with E-state index in [1.165, 1.54) is 0 Å². The summed E-state index contributed by atoms with van der Waals surface area (Å²) in [6.45, 7) is 2.07. The number of likely N-dealkylation sites (tertiary alicyclic amines) is 1. The van der Waals surface area contributed by atoms with E-state index in [2.05, 4.69) is 39.0 Å². The summed E-state index contributed by atoms with van der Waals surface area (Å²) in [4.78, 5) is 18.8. The van der Waals surface area contributed by atoms with Gasteiger partial charge in [0, 0.05) is 35.6 Å². The molecule has 1 aromatic carbocycles. The van der Waals surface area contributed by atoms with Crippen molar-refractivity contribution < 1.29 is 9.90 Å². The van der Waals surface area contributed by atoms with E-state index in [1.54, 1.807) is 24.5 Å². The van der Waals surface area contributed by atoms with Crippen molar-refractivity contribution in [3.05, 3.63) is 63.5 Å². The first-order valence-electron chi connectivity index (χ1n) is 8.50. The molecule has 0 saturated carbocycles. The number of carbonyl (C=O) groups is 1. The highest BCUT2D eigenvalue weighted by Crippen LogP contribution is 2.20. The number of aliphatic hydroxyl groups is 1. The zero-order chi connectivity index (χ0) is 17.6. The Hall–Kier alpha value is -0.930. The number of nitrogens with one attached hydrogen (secondary N) is 1. The first-order chi connectivity index (χ1) is 12.1. The number of carbonyl (C=O) groups excluding carboxylic acids is 1. The van der Waals surface area contributed by atoms with Crippen LogP contribution in [0.25, 0.3) is 0 Å². The van der Waals surface area contributed by atoms with E-state index in [4.69, 9.17) is 0 Å². The van der Waals surface area contributed by atoms with Crippen LogP contribution in [0.1, 0.15) is 30.1 Å². The minimum absolute atomic E-state index is 0. The summed E-state index contributed by atoms with van der Waals surface area (Å²) in [6, 6.07) is 11.0. The Balaban J connectivity index is 0.00000182. The molecular formula is C19H24Cl2IN3O2. The topological polar surface area (TPSA) is 65.5 Å². The minimum atomic E-state index is -0.904. The maximum absolute atomic E-state index is 12.9. The van der Waals surface area contributed by atoms with Crippen LogP contribution in [0.3, 0.4) is 0 Å². The molecule has 1 amide bonds. The molecule has 8 heteroatoms. The molecule has 2 aromatic rings. The number of rotatable bonds is 6. The molecule has 148 valence electrons. The zero-order valence-electron chi connectivity index (χ0n) is 14.8. The van der Waals surface area contributed by atoms with Crippen LogP contribution in [0, 0.1) is 3.57 Å². The Bertz CT molecular complexity index is 715. The number of halogens is 3. The van der Waals surface area contributed by atoms with E-state index in [1.807, 2.05) is 23.1 Å². The van der Waals surface area contributed by atoms with E-state index in [0.717, 1.165) is 35.1 Å². The van der Waals surface area contributed by atoms with Crippen LogP contribution in [0.2, 0.25) is 0 Å². The minimum Gasteiger partial charge on any atom is -0.386 e. The summed E-state index contributed by atoms with van der Waals surface area (Å²) in [5.41, 5.74) is 1.79. The number of aromatic nitrogens is 1. The Morgan fingerprint density at radius 1 is 1.19 bits per heavy atom. The highest BCUT2D eigenvalue weighted by atomic mass is 127. The molecule has 0 unspecified atom stereocenters. The number of hydrogen-bond donors (Lipinski definition) is 2. The van der Waals surface area contributed by atoms with Crippen LogP contribution in [-0.2, 0) is 11.3 Å². The van der Waals surface area contributed by atoms with Gasteiger partial charge in [-0.15, -0.1) is 24.8 Å². The van der Waals surface area contributed by atoms with Crippen molar-refractivity contribution in [3.63, 3.8) is 0 Å². The van der Waals surface area contributed by atoms with Gasteiger partial charge in [-0.05, 0) is 70.8 Å². The van der Waals surface area contributed by atoms with Gasteiger partial charge in [0.1, 0.15) is 12.1 Å². The number of amides is 1. The van der Waals surface area contributed by atoms with E-state index in [-0.39, 0.29) is 30.7 Å². The predicted molar refractivity (Wildman–Crippen MR) is 119 cm³/mol. The van der Waals surface area contributed by atoms with Crippen LogP contribution in [0.15, 0.2) is 48.8 Å². The molecule has 0 aliphatic carbocycles. The van der Waals surface area contributed by atoms with Crippen molar-refractivity contribution in [2.24, 2.45) is 0 Å². The van der Waals surface area contributed by atoms with Crippen molar-refractivity contribution in [3.8, 4) is 0 Å². The molecule has 1 saturated heterocycles. The Labute approximate surface area is 185 Å². The molecule has 0 bridgehead atoms. The molecule has 27 heavy (non-hydrogen) atoms. The fraction of sp³-hybridized carbons (Fsp3) is 0.368. The van der Waals surface area contributed by atoms with E-state index in [9.17, 15) is 9.90 Å². The first kappa shape index (κ1) is 24.1. The molecule has 1 aliphatic rings. The van der Waals surface area contributed by atoms with Crippen molar-refractivity contribution in [1.82, 2.24) is 15.2 Å². The van der Waals surface area contributed by atoms with Crippen LogP contribution in [0.5, 0.6) is 0 Å².